The number of nitrogens with two attached hydrogens (primary N) is 1. The number of pyridine rings is 1. The highest BCUT2D eigenvalue weighted by atomic mass is 35.5. The molecular weight excluding hydrogens is 254 g/mol. The fraction of sp³-hybridized carbons (Fsp3) is 0.500. The molecule has 5 nitrogen and oxygen atoms in total. The molecule has 0 spiro atoms. The van der Waals surface area contributed by atoms with Crippen molar-refractivity contribution in [3.05, 3.63) is 23.5 Å². The number of nitrogens with zero attached hydrogens (tertiary/aromatic N) is 1. The summed E-state index contributed by atoms with van der Waals surface area (Å²) < 4.78 is 5.28. The average molecular weight is 270 g/mol. The Bertz CT molecular complexity index is 433. The van der Waals surface area contributed by atoms with Crippen molar-refractivity contribution in [2.24, 2.45) is 11.1 Å². The molecule has 2 rings (SSSR count). The van der Waals surface area contributed by atoms with Gasteiger partial charge in [-0.1, -0.05) is 11.6 Å². The summed E-state index contributed by atoms with van der Waals surface area (Å²) in [5.41, 5.74) is 5.72. The summed E-state index contributed by atoms with van der Waals surface area (Å²) in [6.45, 7) is 1.43. The summed E-state index contributed by atoms with van der Waals surface area (Å²) in [6, 6.07) is 3.44. The van der Waals surface area contributed by atoms with E-state index in [9.17, 15) is 4.79 Å². The zero-order chi connectivity index (χ0) is 13.0. The van der Waals surface area contributed by atoms with Crippen LogP contribution in [0.3, 0.4) is 0 Å². The van der Waals surface area contributed by atoms with Crippen LogP contribution in [0.5, 0.6) is 0 Å². The number of ether oxygens (including phenoxy) is 1. The number of halogens is 1. The van der Waals surface area contributed by atoms with Gasteiger partial charge in [-0.25, -0.2) is 4.98 Å². The second-order valence-electron chi connectivity index (χ2n) is 4.39. The Balaban J connectivity index is 2.13. The molecule has 0 unspecified atom stereocenters. The van der Waals surface area contributed by atoms with Gasteiger partial charge in [-0.15, -0.1) is 0 Å². The van der Waals surface area contributed by atoms with Crippen LogP contribution in [0.15, 0.2) is 18.3 Å². The summed E-state index contributed by atoms with van der Waals surface area (Å²) in [6.07, 6.45) is 2.84. The average Bonchev–Trinajstić information content (AvgIpc) is 2.42. The van der Waals surface area contributed by atoms with Crippen LogP contribution >= 0.6 is 11.6 Å². The van der Waals surface area contributed by atoms with E-state index >= 15 is 0 Å². The molecule has 18 heavy (non-hydrogen) atoms. The number of hydrogen-bond donors (Lipinski definition) is 2. The van der Waals surface area contributed by atoms with Crippen LogP contribution in [0.4, 0.5) is 5.69 Å². The molecule has 1 aromatic rings. The summed E-state index contributed by atoms with van der Waals surface area (Å²) >= 11 is 5.91. The van der Waals surface area contributed by atoms with Crippen LogP contribution in [0.2, 0.25) is 5.15 Å². The molecule has 2 heterocycles. The number of aromatic nitrogens is 1. The second-order valence-corrected chi connectivity index (χ2v) is 4.75. The van der Waals surface area contributed by atoms with Crippen molar-refractivity contribution in [3.8, 4) is 0 Å². The molecule has 0 bridgehead atoms. The molecular formula is C12H16ClN3O2. The van der Waals surface area contributed by atoms with Gasteiger partial charge in [0.1, 0.15) is 0 Å². The predicted molar refractivity (Wildman–Crippen MR) is 69.4 cm³/mol. The molecule has 0 aliphatic carbocycles. The molecule has 1 aromatic heterocycles. The quantitative estimate of drug-likeness (QED) is 0.814. The maximum Gasteiger partial charge on any atom is 0.232 e. The van der Waals surface area contributed by atoms with Crippen LogP contribution in [-0.2, 0) is 9.53 Å². The molecule has 1 aliphatic heterocycles. The first-order valence-corrected chi connectivity index (χ1v) is 6.25. The minimum atomic E-state index is -0.558. The van der Waals surface area contributed by atoms with Gasteiger partial charge in [0.15, 0.2) is 5.15 Å². The van der Waals surface area contributed by atoms with Gasteiger partial charge in [-0.2, -0.15) is 0 Å². The SMILES string of the molecule is NCC1(C(=O)Nc2cccnc2Cl)CCOCC1. The van der Waals surface area contributed by atoms with Gasteiger partial charge < -0.3 is 15.8 Å². The molecule has 1 fully saturated rings. The highest BCUT2D eigenvalue weighted by Crippen LogP contribution is 2.31. The van der Waals surface area contributed by atoms with Gasteiger partial charge in [0.2, 0.25) is 5.91 Å². The van der Waals surface area contributed by atoms with E-state index < -0.39 is 5.41 Å². The Hall–Kier alpha value is -1.17. The lowest BCUT2D eigenvalue weighted by atomic mass is 9.79. The fourth-order valence-electron chi connectivity index (χ4n) is 2.02. The first-order valence-electron chi connectivity index (χ1n) is 5.88. The molecule has 1 saturated heterocycles. The Morgan fingerprint density at radius 3 is 2.89 bits per heavy atom. The Morgan fingerprint density at radius 1 is 1.56 bits per heavy atom. The van der Waals surface area contributed by atoms with E-state index in [2.05, 4.69) is 10.3 Å². The third kappa shape index (κ3) is 2.63. The molecule has 1 amide bonds. The Labute approximate surface area is 111 Å². The van der Waals surface area contributed by atoms with Gasteiger partial charge in [0, 0.05) is 26.0 Å². The Kier molecular flexibility index (Phi) is 4.16. The van der Waals surface area contributed by atoms with E-state index in [4.69, 9.17) is 22.1 Å². The van der Waals surface area contributed by atoms with Crippen molar-refractivity contribution in [1.29, 1.82) is 0 Å². The minimum absolute atomic E-state index is 0.108. The summed E-state index contributed by atoms with van der Waals surface area (Å²) in [4.78, 5) is 16.3. The van der Waals surface area contributed by atoms with E-state index in [1.807, 2.05) is 0 Å². The molecule has 0 atom stereocenters. The number of anilines is 1. The van der Waals surface area contributed by atoms with Crippen molar-refractivity contribution in [3.63, 3.8) is 0 Å². The topological polar surface area (TPSA) is 77.2 Å². The van der Waals surface area contributed by atoms with Crippen molar-refractivity contribution < 1.29 is 9.53 Å². The summed E-state index contributed by atoms with van der Waals surface area (Å²) in [7, 11) is 0. The van der Waals surface area contributed by atoms with Gasteiger partial charge in [0.05, 0.1) is 11.1 Å². The van der Waals surface area contributed by atoms with Crippen LogP contribution in [0.25, 0.3) is 0 Å². The van der Waals surface area contributed by atoms with Gasteiger partial charge in [0.25, 0.3) is 0 Å². The van der Waals surface area contributed by atoms with Crippen molar-refractivity contribution in [2.75, 3.05) is 25.1 Å². The van der Waals surface area contributed by atoms with Crippen molar-refractivity contribution in [1.82, 2.24) is 4.98 Å². The highest BCUT2D eigenvalue weighted by Gasteiger charge is 2.38. The van der Waals surface area contributed by atoms with Gasteiger partial charge in [-0.3, -0.25) is 4.79 Å². The highest BCUT2D eigenvalue weighted by molar-refractivity contribution is 6.32. The lowest BCUT2D eigenvalue weighted by Crippen LogP contribution is -2.46. The molecule has 3 N–H and O–H groups in total. The largest absolute Gasteiger partial charge is 0.381 e. The molecule has 0 aromatic carbocycles. The number of carbonyl (C=O) groups is 1. The van der Waals surface area contributed by atoms with E-state index in [0.29, 0.717) is 38.3 Å². The number of amides is 1. The first kappa shape index (κ1) is 13.3. The second kappa shape index (κ2) is 5.65. The molecule has 0 saturated carbocycles. The third-order valence-corrected chi connectivity index (χ3v) is 3.63. The minimum Gasteiger partial charge on any atom is -0.381 e. The van der Waals surface area contributed by atoms with Crippen molar-refractivity contribution >= 4 is 23.2 Å². The van der Waals surface area contributed by atoms with Crippen LogP contribution in [0.1, 0.15) is 12.8 Å². The van der Waals surface area contributed by atoms with Crippen LogP contribution in [0, 0.1) is 5.41 Å². The summed E-state index contributed by atoms with van der Waals surface area (Å²) in [5, 5.41) is 3.09. The normalized spacial score (nSPS) is 18.3. The first-order chi connectivity index (χ1) is 8.68. The lowest BCUT2D eigenvalue weighted by molar-refractivity contribution is -0.130. The monoisotopic (exact) mass is 269 g/mol. The smallest absolute Gasteiger partial charge is 0.232 e. The number of carbonyl (C=O) groups excluding carboxylic acids is 1. The third-order valence-electron chi connectivity index (χ3n) is 3.33. The van der Waals surface area contributed by atoms with E-state index in [-0.39, 0.29) is 11.1 Å². The number of nitrogens with one attached hydrogen (secondary N) is 1. The van der Waals surface area contributed by atoms with E-state index in [1.165, 1.54) is 0 Å². The van der Waals surface area contributed by atoms with Gasteiger partial charge >= 0.3 is 0 Å². The fourth-order valence-corrected chi connectivity index (χ4v) is 2.19. The number of hydrogen-bond acceptors (Lipinski definition) is 4. The number of rotatable bonds is 3. The molecule has 98 valence electrons. The van der Waals surface area contributed by atoms with Crippen LogP contribution in [-0.4, -0.2) is 30.6 Å². The summed E-state index contributed by atoms with van der Waals surface area (Å²) in [5.74, 6) is -0.108. The molecule has 1 aliphatic rings. The lowest BCUT2D eigenvalue weighted by Gasteiger charge is -2.34. The Morgan fingerprint density at radius 2 is 2.28 bits per heavy atom. The zero-order valence-corrected chi connectivity index (χ0v) is 10.7. The van der Waals surface area contributed by atoms with E-state index in [1.54, 1.807) is 18.3 Å². The predicted octanol–water partition coefficient (Wildman–Crippen LogP) is 1.43. The standard InChI is InChI=1S/C12H16ClN3O2/c13-10-9(2-1-5-15-10)16-11(17)12(8-14)3-6-18-7-4-12/h1-2,5H,3-4,6-8,14H2,(H,16,17). The maximum atomic E-state index is 12.3. The molecule has 6 heteroatoms. The molecule has 0 radical (unpaired) electrons. The van der Waals surface area contributed by atoms with Gasteiger partial charge in [-0.05, 0) is 25.0 Å². The maximum absolute atomic E-state index is 12.3. The van der Waals surface area contributed by atoms with Crippen molar-refractivity contribution in [2.45, 2.75) is 12.8 Å². The zero-order valence-electron chi connectivity index (χ0n) is 9.99. The van der Waals surface area contributed by atoms with E-state index in [0.717, 1.165) is 0 Å². The van der Waals surface area contributed by atoms with Crippen LogP contribution < -0.4 is 11.1 Å².